The summed E-state index contributed by atoms with van der Waals surface area (Å²) in [4.78, 5) is 27.5. The van der Waals surface area contributed by atoms with Gasteiger partial charge in [-0.2, -0.15) is 0 Å². The van der Waals surface area contributed by atoms with Crippen LogP contribution in [0.2, 0.25) is 0 Å². The molecule has 1 aromatic carbocycles. The summed E-state index contributed by atoms with van der Waals surface area (Å²) < 4.78 is 43.8. The Hall–Kier alpha value is -3.85. The number of aromatic nitrogens is 2. The Morgan fingerprint density at radius 2 is 1.97 bits per heavy atom. The van der Waals surface area contributed by atoms with Crippen LogP contribution in [-0.2, 0) is 26.2 Å². The third-order valence-electron chi connectivity index (χ3n) is 5.50. The van der Waals surface area contributed by atoms with Crippen molar-refractivity contribution in [3.63, 3.8) is 0 Å². The third-order valence-corrected chi connectivity index (χ3v) is 6.82. The van der Waals surface area contributed by atoms with Gasteiger partial charge in [0.25, 0.3) is 0 Å². The van der Waals surface area contributed by atoms with Gasteiger partial charge >= 0.3 is 6.09 Å². The molecular weight excluding hydrogens is 507 g/mol. The number of guanidine groups is 1. The zero-order valence-electron chi connectivity index (χ0n) is 20.5. The molecule has 1 aliphatic heterocycles. The van der Waals surface area contributed by atoms with Gasteiger partial charge in [-0.15, -0.1) is 0 Å². The standard InChI is InChI=1S/C22H29FN8O5S/c1-30(37(2,33)34)10-11-36-29-17-6-8-31(9-7-17)21-26-12-16(13-27-21)18-5-3-4-15(19(18)23)14-35-22(32)28-20(24)25/h3-5,12-13H,6-11,14H2,1-2H3,(H4,24,25,28,32). The number of rotatable bonds is 9. The highest BCUT2D eigenvalue weighted by atomic mass is 32.2. The van der Waals surface area contributed by atoms with Crippen molar-refractivity contribution in [1.82, 2.24) is 19.6 Å². The molecule has 0 atom stereocenters. The molecule has 0 aliphatic carbocycles. The number of oxime groups is 1. The predicted molar refractivity (Wildman–Crippen MR) is 135 cm³/mol. The number of nitrogens with zero attached hydrogens (tertiary/aromatic N) is 5. The molecule has 0 radical (unpaired) electrons. The highest BCUT2D eigenvalue weighted by Gasteiger charge is 2.19. The minimum atomic E-state index is -3.25. The van der Waals surface area contributed by atoms with Crippen molar-refractivity contribution < 1.29 is 27.2 Å². The number of anilines is 1. The molecule has 0 saturated carbocycles. The molecule has 1 aliphatic rings. The number of benzene rings is 1. The Bertz CT molecular complexity index is 1250. The predicted octanol–water partition coefficient (Wildman–Crippen LogP) is 1.27. The van der Waals surface area contributed by atoms with Crippen molar-refractivity contribution in [3.8, 4) is 11.1 Å². The first-order valence-corrected chi connectivity index (χ1v) is 13.1. The monoisotopic (exact) mass is 536 g/mol. The summed E-state index contributed by atoms with van der Waals surface area (Å²) in [5.74, 6) is -0.646. The fraction of sp³-hybridized carbons (Fsp3) is 0.409. The van der Waals surface area contributed by atoms with E-state index < -0.39 is 27.9 Å². The van der Waals surface area contributed by atoms with E-state index in [0.717, 1.165) is 12.0 Å². The number of carbonyl (C=O) groups excluding carboxylic acids is 1. The molecule has 1 amide bonds. The Balaban J connectivity index is 1.54. The van der Waals surface area contributed by atoms with E-state index in [1.165, 1.54) is 29.8 Å². The number of nitrogens with one attached hydrogen (secondary N) is 2. The van der Waals surface area contributed by atoms with Gasteiger partial charge in [0, 0.05) is 62.1 Å². The number of hydrogen-bond donors (Lipinski definition) is 3. The number of carbonyl (C=O) groups is 1. The highest BCUT2D eigenvalue weighted by molar-refractivity contribution is 7.88. The second-order valence-corrected chi connectivity index (χ2v) is 10.3. The first-order valence-electron chi connectivity index (χ1n) is 11.3. The second kappa shape index (κ2) is 12.4. The maximum absolute atomic E-state index is 15.0. The molecule has 15 heteroatoms. The summed E-state index contributed by atoms with van der Waals surface area (Å²) in [6.45, 7) is 1.28. The summed E-state index contributed by atoms with van der Waals surface area (Å²) in [6, 6.07) is 4.68. The quantitative estimate of drug-likeness (QED) is 0.184. The van der Waals surface area contributed by atoms with Crippen molar-refractivity contribution in [2.45, 2.75) is 19.4 Å². The zero-order chi connectivity index (χ0) is 27.0. The number of ether oxygens (including phenoxy) is 1. The van der Waals surface area contributed by atoms with E-state index >= 15 is 0 Å². The summed E-state index contributed by atoms with van der Waals surface area (Å²) in [6.07, 6.45) is 4.51. The molecule has 1 fully saturated rings. The van der Waals surface area contributed by atoms with Gasteiger partial charge in [0.1, 0.15) is 19.0 Å². The van der Waals surface area contributed by atoms with Crippen LogP contribution >= 0.6 is 0 Å². The van der Waals surface area contributed by atoms with E-state index in [1.54, 1.807) is 12.1 Å². The smallest absolute Gasteiger partial charge is 0.414 e. The number of piperidine rings is 1. The van der Waals surface area contributed by atoms with Crippen molar-refractivity contribution in [3.05, 3.63) is 42.0 Å². The molecule has 1 saturated heterocycles. The number of sulfonamides is 1. The van der Waals surface area contributed by atoms with Crippen LogP contribution in [0.25, 0.3) is 11.1 Å². The zero-order valence-corrected chi connectivity index (χ0v) is 21.3. The SMILES string of the molecule is CN(CCON=C1CCN(c2ncc(-c3cccc(COC(=O)NC(=N)N)c3F)cn2)CC1)S(C)(=O)=O. The van der Waals surface area contributed by atoms with Gasteiger partial charge in [0.2, 0.25) is 16.0 Å². The van der Waals surface area contributed by atoms with Gasteiger partial charge in [0.05, 0.1) is 18.5 Å². The van der Waals surface area contributed by atoms with Gasteiger partial charge < -0.3 is 20.2 Å². The molecule has 2 aromatic rings. The Labute approximate surface area is 214 Å². The molecule has 2 heterocycles. The lowest BCUT2D eigenvalue weighted by Gasteiger charge is -2.27. The molecule has 3 rings (SSSR count). The topological polar surface area (TPSA) is 176 Å². The van der Waals surface area contributed by atoms with E-state index in [0.29, 0.717) is 37.4 Å². The lowest BCUT2D eigenvalue weighted by Crippen LogP contribution is -2.36. The van der Waals surface area contributed by atoms with Crippen LogP contribution in [-0.4, -0.2) is 80.0 Å². The fourth-order valence-electron chi connectivity index (χ4n) is 3.36. The van der Waals surface area contributed by atoms with Crippen LogP contribution in [0.4, 0.5) is 15.1 Å². The largest absolute Gasteiger partial charge is 0.444 e. The van der Waals surface area contributed by atoms with Crippen molar-refractivity contribution in [1.29, 1.82) is 5.41 Å². The van der Waals surface area contributed by atoms with Gasteiger partial charge in [-0.25, -0.2) is 31.9 Å². The van der Waals surface area contributed by atoms with E-state index in [2.05, 4.69) is 15.1 Å². The van der Waals surface area contributed by atoms with Gasteiger partial charge in [0.15, 0.2) is 5.96 Å². The molecule has 0 spiro atoms. The van der Waals surface area contributed by atoms with Crippen molar-refractivity contribution in [2.24, 2.45) is 10.9 Å². The summed E-state index contributed by atoms with van der Waals surface area (Å²) in [7, 11) is -1.77. The Morgan fingerprint density at radius 1 is 1.30 bits per heavy atom. The number of hydrogen-bond acceptors (Lipinski definition) is 10. The third kappa shape index (κ3) is 8.08. The molecule has 0 unspecified atom stereocenters. The fourth-order valence-corrected chi connectivity index (χ4v) is 3.76. The number of amides is 1. The summed E-state index contributed by atoms with van der Waals surface area (Å²) in [5, 5.41) is 13.1. The summed E-state index contributed by atoms with van der Waals surface area (Å²) >= 11 is 0. The van der Waals surface area contributed by atoms with Gasteiger partial charge in [-0.1, -0.05) is 23.4 Å². The lowest BCUT2D eigenvalue weighted by molar-refractivity contribution is 0.134. The highest BCUT2D eigenvalue weighted by Crippen LogP contribution is 2.25. The van der Waals surface area contributed by atoms with E-state index in [1.807, 2.05) is 10.2 Å². The van der Waals surface area contributed by atoms with Gasteiger partial charge in [-0.3, -0.25) is 10.7 Å². The lowest BCUT2D eigenvalue weighted by atomic mass is 10.1. The molecular formula is C22H29FN8O5S. The molecule has 0 bridgehead atoms. The average Bonchev–Trinajstić information content (AvgIpc) is 2.85. The minimum absolute atomic E-state index is 0.147. The van der Waals surface area contributed by atoms with E-state index in [-0.39, 0.29) is 30.9 Å². The molecule has 13 nitrogen and oxygen atoms in total. The van der Waals surface area contributed by atoms with E-state index in [4.69, 9.17) is 20.7 Å². The Morgan fingerprint density at radius 3 is 2.59 bits per heavy atom. The summed E-state index contributed by atoms with van der Waals surface area (Å²) in [5.41, 5.74) is 6.79. The molecule has 1 aromatic heterocycles. The normalized spacial score (nSPS) is 13.8. The minimum Gasteiger partial charge on any atom is -0.444 e. The van der Waals surface area contributed by atoms with Crippen LogP contribution in [0.1, 0.15) is 18.4 Å². The van der Waals surface area contributed by atoms with Crippen molar-refractivity contribution in [2.75, 3.05) is 44.4 Å². The number of likely N-dealkylation sites (N-methyl/N-ethyl adjacent to an activating group) is 1. The first kappa shape index (κ1) is 27.7. The maximum Gasteiger partial charge on any atom is 0.414 e. The van der Waals surface area contributed by atoms with Crippen LogP contribution in [0.15, 0.2) is 35.7 Å². The van der Waals surface area contributed by atoms with Crippen molar-refractivity contribution >= 4 is 33.7 Å². The molecule has 200 valence electrons. The number of nitrogens with two attached hydrogens (primary N) is 1. The van der Waals surface area contributed by atoms with Crippen LogP contribution < -0.4 is 16.0 Å². The first-order chi connectivity index (χ1) is 17.5. The molecule has 4 N–H and O–H groups in total. The number of alkyl carbamates (subject to hydrolysis) is 1. The Kier molecular flexibility index (Phi) is 9.30. The maximum atomic E-state index is 15.0. The average molecular weight is 537 g/mol. The van der Waals surface area contributed by atoms with Crippen LogP contribution in [0.5, 0.6) is 0 Å². The van der Waals surface area contributed by atoms with Gasteiger partial charge in [-0.05, 0) is 0 Å². The van der Waals surface area contributed by atoms with Crippen LogP contribution in [0.3, 0.4) is 0 Å². The van der Waals surface area contributed by atoms with E-state index in [9.17, 15) is 17.6 Å². The second-order valence-electron chi connectivity index (χ2n) is 8.23. The molecule has 37 heavy (non-hydrogen) atoms. The van der Waals surface area contributed by atoms with Crippen LogP contribution in [0, 0.1) is 11.2 Å². The number of halogens is 1.